The summed E-state index contributed by atoms with van der Waals surface area (Å²) in [7, 11) is 0. The van der Waals surface area contributed by atoms with E-state index in [0.29, 0.717) is 48.9 Å². The van der Waals surface area contributed by atoms with E-state index in [-0.39, 0.29) is 61.6 Å². The summed E-state index contributed by atoms with van der Waals surface area (Å²) in [6.07, 6.45) is 1.75. The van der Waals surface area contributed by atoms with Gasteiger partial charge in [-0.2, -0.15) is 13.2 Å². The number of amides is 1. The fourth-order valence-electron chi connectivity index (χ4n) is 6.85. The van der Waals surface area contributed by atoms with E-state index in [4.69, 9.17) is 25.6 Å². The van der Waals surface area contributed by atoms with E-state index in [1.807, 2.05) is 18.7 Å². The number of alkyl halides is 3. The molecule has 1 amide bonds. The van der Waals surface area contributed by atoms with Gasteiger partial charge < -0.3 is 25.0 Å². The Bertz CT molecular complexity index is 1370. The number of hydrogen-bond donors (Lipinski definition) is 2. The largest absolute Gasteiger partial charge is 0.411 e. The first kappa shape index (κ1) is 29.5. The predicted molar refractivity (Wildman–Crippen MR) is 151 cm³/mol. The van der Waals surface area contributed by atoms with E-state index >= 15 is 0 Å². The average molecular weight is 604 g/mol. The van der Waals surface area contributed by atoms with Crippen molar-refractivity contribution in [3.8, 4) is 0 Å². The van der Waals surface area contributed by atoms with Crippen LogP contribution >= 0.6 is 0 Å². The zero-order chi connectivity index (χ0) is 30.5. The van der Waals surface area contributed by atoms with Gasteiger partial charge in [-0.25, -0.2) is 19.9 Å². The maximum Gasteiger partial charge on any atom is 0.411 e. The molecule has 3 atom stereocenters. The molecule has 1 aliphatic carbocycles. The van der Waals surface area contributed by atoms with Gasteiger partial charge in [0, 0.05) is 32.5 Å². The summed E-state index contributed by atoms with van der Waals surface area (Å²) in [6.45, 7) is 4.86. The van der Waals surface area contributed by atoms with Crippen LogP contribution in [0, 0.1) is 5.41 Å². The molecule has 43 heavy (non-hydrogen) atoms. The maximum absolute atomic E-state index is 14.1. The number of anilines is 4. The Kier molecular flexibility index (Phi) is 7.65. The van der Waals surface area contributed by atoms with Crippen molar-refractivity contribution in [2.45, 2.75) is 82.2 Å². The zero-order valence-electron chi connectivity index (χ0n) is 24.2. The summed E-state index contributed by atoms with van der Waals surface area (Å²) in [5.74, 6) is 0.985. The molecule has 0 bridgehead atoms. The van der Waals surface area contributed by atoms with Gasteiger partial charge >= 0.3 is 6.18 Å². The molecule has 3 fully saturated rings. The van der Waals surface area contributed by atoms with Crippen LogP contribution in [0.2, 0.25) is 0 Å². The Morgan fingerprint density at radius 2 is 1.81 bits per heavy atom. The number of nitrogens with zero attached hydrogens (tertiary/aromatic N) is 7. The number of halogens is 3. The number of rotatable bonds is 5. The molecule has 5 heterocycles. The Morgan fingerprint density at radius 3 is 2.47 bits per heavy atom. The summed E-state index contributed by atoms with van der Waals surface area (Å²) < 4.78 is 51.5. The van der Waals surface area contributed by atoms with Crippen LogP contribution in [0.1, 0.15) is 57.3 Å². The number of aryl methyl sites for hydroxylation is 1. The van der Waals surface area contributed by atoms with Crippen molar-refractivity contribution in [2.75, 3.05) is 48.4 Å². The number of ether oxygens (including phenoxy) is 2. The predicted octanol–water partition coefficient (Wildman–Crippen LogP) is 3.13. The Morgan fingerprint density at radius 1 is 1.14 bits per heavy atom. The summed E-state index contributed by atoms with van der Waals surface area (Å²) in [6, 6.07) is -1.87. The van der Waals surface area contributed by atoms with E-state index < -0.39 is 24.2 Å². The molecule has 1 spiro atoms. The van der Waals surface area contributed by atoms with Gasteiger partial charge in [-0.1, -0.05) is 12.8 Å². The van der Waals surface area contributed by atoms with Gasteiger partial charge in [0.25, 0.3) is 0 Å². The molecule has 4 aliphatic rings. The minimum absolute atomic E-state index is 0.0285. The standard InChI is InChI=1S/C28H36F3N9O3/c1-16-13-38(14-17(2)43-16)26-34-11-18(12-35-26)40-24-22(27(25(40)41)7-3-4-8-27)23(33)36-21(37-24)6-5-20(32)39-9-10-42-15-19(39)28(29,30)31/h11-12,16-17,19,32H,3-10,13-15H2,1-2H3,(H2,33,36,37)/t16-,17+,19?. The van der Waals surface area contributed by atoms with Gasteiger partial charge in [-0.15, -0.1) is 0 Å². The topological polar surface area (TPSA) is 147 Å². The zero-order valence-corrected chi connectivity index (χ0v) is 24.2. The highest BCUT2D eigenvalue weighted by atomic mass is 19.4. The van der Waals surface area contributed by atoms with E-state index in [0.717, 1.165) is 17.7 Å². The molecular weight excluding hydrogens is 567 g/mol. The first-order valence-corrected chi connectivity index (χ1v) is 14.7. The lowest BCUT2D eigenvalue weighted by atomic mass is 9.80. The highest BCUT2D eigenvalue weighted by molar-refractivity contribution is 6.13. The highest BCUT2D eigenvalue weighted by Gasteiger charge is 2.55. The number of nitrogen functional groups attached to an aromatic ring is 1. The molecule has 0 aromatic carbocycles. The highest BCUT2D eigenvalue weighted by Crippen LogP contribution is 2.54. The van der Waals surface area contributed by atoms with Crippen LogP contribution in [0.4, 0.5) is 36.4 Å². The molecule has 6 rings (SSSR count). The number of aromatic nitrogens is 4. The Labute approximate surface area is 247 Å². The third-order valence-electron chi connectivity index (χ3n) is 8.75. The number of nitrogens with two attached hydrogens (primary N) is 1. The number of fused-ring (bicyclic) bond motifs is 2. The number of hydrogen-bond acceptors (Lipinski definition) is 10. The van der Waals surface area contributed by atoms with Crippen molar-refractivity contribution in [3.05, 3.63) is 23.8 Å². The van der Waals surface area contributed by atoms with Gasteiger partial charge in [0.2, 0.25) is 11.9 Å². The van der Waals surface area contributed by atoms with Crippen LogP contribution in [-0.2, 0) is 26.1 Å². The second-order valence-electron chi connectivity index (χ2n) is 11.8. The number of carbonyl (C=O) groups is 1. The number of nitrogens with one attached hydrogen (secondary N) is 1. The molecule has 1 unspecified atom stereocenters. The van der Waals surface area contributed by atoms with Crippen LogP contribution in [0.25, 0.3) is 0 Å². The number of carbonyl (C=O) groups excluding carboxylic acids is 1. The second-order valence-corrected chi connectivity index (χ2v) is 11.8. The summed E-state index contributed by atoms with van der Waals surface area (Å²) in [5, 5.41) is 8.41. The Balaban J connectivity index is 1.28. The van der Waals surface area contributed by atoms with Crippen LogP contribution in [0.15, 0.2) is 12.4 Å². The van der Waals surface area contributed by atoms with E-state index in [1.165, 1.54) is 4.90 Å². The van der Waals surface area contributed by atoms with Gasteiger partial charge in [-0.3, -0.25) is 15.1 Å². The minimum atomic E-state index is -4.52. The quantitative estimate of drug-likeness (QED) is 0.386. The van der Waals surface area contributed by atoms with Crippen LogP contribution in [-0.4, -0.2) is 93.9 Å². The molecule has 15 heteroatoms. The molecule has 232 valence electrons. The first-order valence-electron chi connectivity index (χ1n) is 14.7. The van der Waals surface area contributed by atoms with E-state index in [1.54, 1.807) is 12.4 Å². The third kappa shape index (κ3) is 5.37. The van der Waals surface area contributed by atoms with Gasteiger partial charge in [0.05, 0.1) is 60.3 Å². The monoisotopic (exact) mass is 603 g/mol. The smallest absolute Gasteiger partial charge is 0.383 e. The maximum atomic E-state index is 14.1. The van der Waals surface area contributed by atoms with Gasteiger partial charge in [-0.05, 0) is 26.7 Å². The third-order valence-corrected chi connectivity index (χ3v) is 8.75. The lowest BCUT2D eigenvalue weighted by molar-refractivity contribution is -0.199. The second kappa shape index (κ2) is 11.2. The normalized spacial score (nSPS) is 25.5. The number of morpholine rings is 2. The van der Waals surface area contributed by atoms with Crippen LogP contribution < -0.4 is 15.5 Å². The van der Waals surface area contributed by atoms with Crippen molar-refractivity contribution in [1.82, 2.24) is 24.8 Å². The molecule has 2 aromatic rings. The average Bonchev–Trinajstić information content (AvgIpc) is 3.54. The molecule has 2 aromatic heterocycles. The van der Waals surface area contributed by atoms with E-state index in [2.05, 4.69) is 15.0 Å². The van der Waals surface area contributed by atoms with Crippen molar-refractivity contribution in [2.24, 2.45) is 0 Å². The van der Waals surface area contributed by atoms with Crippen molar-refractivity contribution >= 4 is 35.0 Å². The molecule has 3 N–H and O–H groups in total. The SMILES string of the molecule is C[C@@H]1CN(c2ncc(N3C(=O)C4(CCCC4)c4c(N)nc(CCC(=N)N5CCOCC5C(F)(F)F)nc43)cn2)C[C@H](C)O1. The molecule has 12 nitrogen and oxygen atoms in total. The van der Waals surface area contributed by atoms with Crippen molar-refractivity contribution in [3.63, 3.8) is 0 Å². The molecule has 0 radical (unpaired) electrons. The lowest BCUT2D eigenvalue weighted by Gasteiger charge is -2.38. The molecule has 2 saturated heterocycles. The fourth-order valence-corrected chi connectivity index (χ4v) is 6.85. The number of amidine groups is 1. The van der Waals surface area contributed by atoms with Crippen LogP contribution in [0.5, 0.6) is 0 Å². The first-order chi connectivity index (χ1) is 20.5. The fraction of sp³-hybridized carbons (Fsp3) is 0.643. The minimum Gasteiger partial charge on any atom is -0.383 e. The summed E-state index contributed by atoms with van der Waals surface area (Å²) in [5.41, 5.74) is 6.69. The Hall–Kier alpha value is -3.59. The molecule has 1 saturated carbocycles. The van der Waals surface area contributed by atoms with Crippen LogP contribution in [0.3, 0.4) is 0 Å². The molecular formula is C28H36F3N9O3. The van der Waals surface area contributed by atoms with E-state index in [9.17, 15) is 18.0 Å². The molecule has 3 aliphatic heterocycles. The summed E-state index contributed by atoms with van der Waals surface area (Å²) in [4.78, 5) is 37.0. The summed E-state index contributed by atoms with van der Waals surface area (Å²) >= 11 is 0. The van der Waals surface area contributed by atoms with Crippen molar-refractivity contribution in [1.29, 1.82) is 5.41 Å². The van der Waals surface area contributed by atoms with Crippen molar-refractivity contribution < 1.29 is 27.4 Å². The van der Waals surface area contributed by atoms with Gasteiger partial charge in [0.1, 0.15) is 23.5 Å². The van der Waals surface area contributed by atoms with Gasteiger partial charge in [0.15, 0.2) is 0 Å². The lowest BCUT2D eigenvalue weighted by Crippen LogP contribution is -2.55.